The van der Waals surface area contributed by atoms with Gasteiger partial charge in [-0.15, -0.1) is 0 Å². The molecule has 16 heavy (non-hydrogen) atoms. The van der Waals surface area contributed by atoms with Crippen molar-refractivity contribution in [3.05, 3.63) is 12.2 Å². The van der Waals surface area contributed by atoms with Gasteiger partial charge < -0.3 is 5.11 Å². The molecule has 0 aromatic carbocycles. The molecule has 0 aliphatic heterocycles. The Morgan fingerprint density at radius 3 is 2.69 bits per heavy atom. The molecule has 1 heteroatoms. The van der Waals surface area contributed by atoms with Gasteiger partial charge in [-0.1, -0.05) is 32.9 Å². The lowest BCUT2D eigenvalue weighted by atomic mass is 9.33. The Bertz CT molecular complexity index is 332. The van der Waals surface area contributed by atoms with E-state index in [1.165, 1.54) is 18.4 Å². The maximum absolute atomic E-state index is 10.3. The highest BCUT2D eigenvalue weighted by molar-refractivity contribution is 5.28. The van der Waals surface area contributed by atoms with Gasteiger partial charge in [-0.25, -0.2) is 0 Å². The highest BCUT2D eigenvalue weighted by atomic mass is 16.3. The Hall–Kier alpha value is -0.300. The van der Waals surface area contributed by atoms with Crippen molar-refractivity contribution in [3.63, 3.8) is 0 Å². The first kappa shape index (κ1) is 10.8. The van der Waals surface area contributed by atoms with Gasteiger partial charge in [0.2, 0.25) is 0 Å². The van der Waals surface area contributed by atoms with E-state index in [0.29, 0.717) is 11.3 Å². The van der Waals surface area contributed by atoms with Crippen LogP contribution >= 0.6 is 0 Å². The quantitative estimate of drug-likeness (QED) is 0.673. The fraction of sp³-hybridized carbons (Fsp3) is 0.867. The van der Waals surface area contributed by atoms with Gasteiger partial charge in [0.1, 0.15) is 0 Å². The maximum Gasteiger partial charge on any atom is 0.0613 e. The molecule has 4 saturated carbocycles. The Balaban J connectivity index is 1.96. The van der Waals surface area contributed by atoms with Crippen LogP contribution in [0, 0.1) is 35.0 Å². The monoisotopic (exact) mass is 220 g/mol. The van der Waals surface area contributed by atoms with Crippen molar-refractivity contribution in [1.82, 2.24) is 0 Å². The van der Waals surface area contributed by atoms with E-state index in [9.17, 15) is 5.11 Å². The molecular formula is C15H24O. The SMILES string of the molecule is C=C1C[C@H](O)[C@H]2C3C1C2(C)CC[C@H]3C(C)C. The van der Waals surface area contributed by atoms with E-state index in [2.05, 4.69) is 27.4 Å². The molecule has 0 spiro atoms. The van der Waals surface area contributed by atoms with Crippen LogP contribution < -0.4 is 0 Å². The van der Waals surface area contributed by atoms with Gasteiger partial charge in [0.15, 0.2) is 0 Å². The molecular weight excluding hydrogens is 196 g/mol. The van der Waals surface area contributed by atoms with Crippen LogP contribution in [-0.2, 0) is 0 Å². The van der Waals surface area contributed by atoms with Crippen molar-refractivity contribution < 1.29 is 5.11 Å². The largest absolute Gasteiger partial charge is 0.392 e. The molecule has 0 heterocycles. The summed E-state index contributed by atoms with van der Waals surface area (Å²) in [7, 11) is 0. The number of hydrogen-bond donors (Lipinski definition) is 1. The molecule has 4 aliphatic rings. The zero-order valence-electron chi connectivity index (χ0n) is 10.7. The number of aliphatic hydroxyl groups is 1. The van der Waals surface area contributed by atoms with Crippen LogP contribution in [0.1, 0.15) is 40.0 Å². The number of rotatable bonds is 1. The molecule has 1 nitrogen and oxygen atoms in total. The zero-order valence-corrected chi connectivity index (χ0v) is 10.7. The van der Waals surface area contributed by atoms with E-state index in [1.807, 2.05) is 0 Å². The second-order valence-corrected chi connectivity index (χ2v) is 6.96. The second-order valence-electron chi connectivity index (χ2n) is 6.96. The summed E-state index contributed by atoms with van der Waals surface area (Å²) >= 11 is 0. The van der Waals surface area contributed by atoms with Crippen LogP contribution in [0.2, 0.25) is 0 Å². The fourth-order valence-corrected chi connectivity index (χ4v) is 5.42. The van der Waals surface area contributed by atoms with Crippen molar-refractivity contribution in [2.24, 2.45) is 35.0 Å². The maximum atomic E-state index is 10.3. The minimum atomic E-state index is -0.103. The van der Waals surface area contributed by atoms with Gasteiger partial charge in [-0.2, -0.15) is 0 Å². The molecule has 4 fully saturated rings. The molecule has 0 saturated heterocycles. The normalized spacial score (nSPS) is 55.1. The van der Waals surface area contributed by atoms with E-state index in [1.54, 1.807) is 0 Å². The molecule has 3 unspecified atom stereocenters. The van der Waals surface area contributed by atoms with Gasteiger partial charge in [0, 0.05) is 0 Å². The van der Waals surface area contributed by atoms with Gasteiger partial charge >= 0.3 is 0 Å². The Labute approximate surface area is 98.9 Å². The van der Waals surface area contributed by atoms with Crippen molar-refractivity contribution in [2.45, 2.75) is 46.1 Å². The van der Waals surface area contributed by atoms with Gasteiger partial charge in [-0.3, -0.25) is 0 Å². The van der Waals surface area contributed by atoms with Gasteiger partial charge in [0.25, 0.3) is 0 Å². The minimum Gasteiger partial charge on any atom is -0.392 e. The smallest absolute Gasteiger partial charge is 0.0613 e. The van der Waals surface area contributed by atoms with Crippen molar-refractivity contribution in [3.8, 4) is 0 Å². The fourth-order valence-electron chi connectivity index (χ4n) is 5.42. The average Bonchev–Trinajstić information content (AvgIpc) is 2.15. The van der Waals surface area contributed by atoms with E-state index in [4.69, 9.17) is 0 Å². The summed E-state index contributed by atoms with van der Waals surface area (Å²) in [5, 5.41) is 10.3. The van der Waals surface area contributed by atoms with E-state index in [-0.39, 0.29) is 6.10 Å². The lowest BCUT2D eigenvalue weighted by Gasteiger charge is -2.72. The molecule has 0 amide bonds. The number of fused-ring (bicyclic) bond motifs is 2. The van der Waals surface area contributed by atoms with Crippen LogP contribution in [0.4, 0.5) is 0 Å². The van der Waals surface area contributed by atoms with Crippen LogP contribution in [0.3, 0.4) is 0 Å². The summed E-state index contributed by atoms with van der Waals surface area (Å²) in [5.74, 6) is 3.63. The minimum absolute atomic E-state index is 0.103. The van der Waals surface area contributed by atoms with Gasteiger partial charge in [-0.05, 0) is 54.3 Å². The average molecular weight is 220 g/mol. The van der Waals surface area contributed by atoms with Crippen LogP contribution in [0.5, 0.6) is 0 Å². The molecule has 0 aromatic heterocycles. The molecule has 4 aliphatic carbocycles. The summed E-state index contributed by atoms with van der Waals surface area (Å²) < 4.78 is 0. The zero-order chi connectivity index (χ0) is 11.7. The first-order valence-corrected chi connectivity index (χ1v) is 6.82. The van der Waals surface area contributed by atoms with Crippen LogP contribution in [-0.4, -0.2) is 11.2 Å². The predicted octanol–water partition coefficient (Wildman–Crippen LogP) is 3.24. The third kappa shape index (κ3) is 1.06. The summed E-state index contributed by atoms with van der Waals surface area (Å²) in [6.07, 6.45) is 3.43. The molecule has 4 rings (SSSR count). The third-order valence-electron chi connectivity index (χ3n) is 5.96. The number of aliphatic hydroxyl groups excluding tert-OH is 1. The van der Waals surface area contributed by atoms with Gasteiger partial charge in [0.05, 0.1) is 6.10 Å². The van der Waals surface area contributed by atoms with Crippen LogP contribution in [0.15, 0.2) is 12.2 Å². The topological polar surface area (TPSA) is 20.2 Å². The summed E-state index contributed by atoms with van der Waals surface area (Å²) in [5.41, 5.74) is 1.73. The molecule has 0 aromatic rings. The Kier molecular flexibility index (Phi) is 2.12. The lowest BCUT2D eigenvalue weighted by Crippen LogP contribution is -2.68. The van der Waals surface area contributed by atoms with Crippen molar-refractivity contribution in [2.75, 3.05) is 0 Å². The van der Waals surface area contributed by atoms with E-state index < -0.39 is 0 Å². The molecule has 1 N–H and O–H groups in total. The van der Waals surface area contributed by atoms with Crippen molar-refractivity contribution in [1.29, 1.82) is 0 Å². The molecule has 90 valence electrons. The Morgan fingerprint density at radius 2 is 2.12 bits per heavy atom. The first-order chi connectivity index (χ1) is 7.47. The summed E-state index contributed by atoms with van der Waals surface area (Å²) in [6, 6.07) is 0. The Morgan fingerprint density at radius 1 is 1.44 bits per heavy atom. The third-order valence-corrected chi connectivity index (χ3v) is 5.96. The molecule has 4 bridgehead atoms. The van der Waals surface area contributed by atoms with Crippen molar-refractivity contribution >= 4 is 0 Å². The van der Waals surface area contributed by atoms with Crippen LogP contribution in [0.25, 0.3) is 0 Å². The van der Waals surface area contributed by atoms with E-state index >= 15 is 0 Å². The molecule has 6 atom stereocenters. The predicted molar refractivity (Wildman–Crippen MR) is 65.9 cm³/mol. The van der Waals surface area contributed by atoms with E-state index in [0.717, 1.165) is 30.1 Å². The summed E-state index contributed by atoms with van der Waals surface area (Å²) in [6.45, 7) is 11.3. The highest BCUT2D eigenvalue weighted by Gasteiger charge is 2.68. The standard InChI is InChI=1S/C15H24O/c1-8(2)10-5-6-15(4)13-9(3)7-11(16)14(15)12(10)13/h8,10-14,16H,3,5-7H2,1-2,4H3/t10-,11-,12?,13?,14-,15?/m0/s1. The summed E-state index contributed by atoms with van der Waals surface area (Å²) in [4.78, 5) is 0. The molecule has 0 radical (unpaired) electrons. The first-order valence-electron chi connectivity index (χ1n) is 6.82. The second kappa shape index (κ2) is 3.13. The number of hydrogen-bond acceptors (Lipinski definition) is 1. The lowest BCUT2D eigenvalue weighted by molar-refractivity contribution is -0.234. The highest BCUT2D eigenvalue weighted by Crippen LogP contribution is 2.72.